The highest BCUT2D eigenvalue weighted by Crippen LogP contribution is 2.27. The third-order valence-corrected chi connectivity index (χ3v) is 5.24. The van der Waals surface area contributed by atoms with Gasteiger partial charge in [0.15, 0.2) is 0 Å². The van der Waals surface area contributed by atoms with Crippen LogP contribution >= 0.6 is 0 Å². The van der Waals surface area contributed by atoms with Crippen molar-refractivity contribution in [2.45, 2.75) is 6.92 Å². The molecule has 0 radical (unpaired) electrons. The fraction of sp³-hybridized carbons (Fsp3) is 0.192. The largest absolute Gasteiger partial charge is 0.491 e. The molecule has 36 heavy (non-hydrogen) atoms. The number of likely N-dealkylation sites (N-methyl/N-ethyl adjacent to an activating group) is 1. The number of nitrogens with zero attached hydrogens (tertiary/aromatic N) is 5. The Bertz CT molecular complexity index is 1430. The number of amides is 1. The molecule has 4 rings (SSSR count). The Morgan fingerprint density at radius 2 is 1.92 bits per heavy atom. The summed E-state index contributed by atoms with van der Waals surface area (Å²) in [7, 11) is 3.83. The average molecular weight is 487 g/mol. The molecule has 1 amide bonds. The van der Waals surface area contributed by atoms with Gasteiger partial charge in [0.2, 0.25) is 11.7 Å². The topological polar surface area (TPSA) is 117 Å². The molecule has 0 fully saturated rings. The van der Waals surface area contributed by atoms with Gasteiger partial charge in [0.25, 0.3) is 5.91 Å². The highest BCUT2D eigenvalue weighted by atomic mass is 19.1. The minimum absolute atomic E-state index is 0.251. The molecule has 0 bridgehead atoms. The lowest BCUT2D eigenvalue weighted by Gasteiger charge is -2.13. The van der Waals surface area contributed by atoms with E-state index < -0.39 is 11.7 Å². The minimum Gasteiger partial charge on any atom is -0.491 e. The maximum absolute atomic E-state index is 14.8. The number of pyridine rings is 1. The quantitative estimate of drug-likeness (QED) is 0.392. The summed E-state index contributed by atoms with van der Waals surface area (Å²) in [5.74, 6) is 0.452. The van der Waals surface area contributed by atoms with Gasteiger partial charge in [-0.3, -0.25) is 4.79 Å². The van der Waals surface area contributed by atoms with Crippen molar-refractivity contribution in [3.05, 3.63) is 77.6 Å². The number of rotatable bonds is 8. The number of benzene rings is 2. The van der Waals surface area contributed by atoms with Crippen molar-refractivity contribution in [3.63, 3.8) is 0 Å². The van der Waals surface area contributed by atoms with E-state index in [1.54, 1.807) is 43.3 Å². The van der Waals surface area contributed by atoms with Crippen LogP contribution in [0.3, 0.4) is 0 Å². The van der Waals surface area contributed by atoms with Crippen LogP contribution in [0, 0.1) is 24.1 Å². The second-order valence-corrected chi connectivity index (χ2v) is 8.19. The number of nitriles is 1. The lowest BCUT2D eigenvalue weighted by molar-refractivity contribution is 0.102. The van der Waals surface area contributed by atoms with Crippen LogP contribution < -0.4 is 10.1 Å². The Balaban J connectivity index is 1.46. The zero-order valence-corrected chi connectivity index (χ0v) is 19.9. The van der Waals surface area contributed by atoms with E-state index in [4.69, 9.17) is 9.26 Å². The molecule has 1 N–H and O–H groups in total. The number of aromatic nitrogens is 3. The van der Waals surface area contributed by atoms with Crippen molar-refractivity contribution in [1.82, 2.24) is 20.0 Å². The van der Waals surface area contributed by atoms with Crippen LogP contribution in [0.25, 0.3) is 22.5 Å². The number of nitrogens with one attached hydrogen (secondary N) is 1. The third-order valence-electron chi connectivity index (χ3n) is 5.24. The molecule has 0 unspecified atom stereocenters. The summed E-state index contributed by atoms with van der Waals surface area (Å²) in [4.78, 5) is 22.9. The van der Waals surface area contributed by atoms with Crippen LogP contribution in [0.2, 0.25) is 0 Å². The molecule has 0 aliphatic heterocycles. The second kappa shape index (κ2) is 10.8. The van der Waals surface area contributed by atoms with E-state index in [-0.39, 0.29) is 11.4 Å². The van der Waals surface area contributed by atoms with E-state index in [2.05, 4.69) is 20.4 Å². The van der Waals surface area contributed by atoms with Gasteiger partial charge >= 0.3 is 0 Å². The molecule has 0 saturated heterocycles. The number of anilines is 1. The zero-order valence-electron chi connectivity index (χ0n) is 19.9. The first-order chi connectivity index (χ1) is 17.3. The van der Waals surface area contributed by atoms with Gasteiger partial charge in [0, 0.05) is 36.2 Å². The first kappa shape index (κ1) is 24.5. The summed E-state index contributed by atoms with van der Waals surface area (Å²) in [6.07, 6.45) is 1.35. The number of aryl methyl sites for hydroxylation is 1. The van der Waals surface area contributed by atoms with Crippen molar-refractivity contribution in [2.24, 2.45) is 0 Å². The van der Waals surface area contributed by atoms with E-state index in [1.807, 2.05) is 25.1 Å². The Hall–Kier alpha value is -4.62. The Morgan fingerprint density at radius 3 is 2.56 bits per heavy atom. The number of carbonyl (C=O) groups excluding carboxylic acids is 1. The average Bonchev–Trinajstić information content (AvgIpc) is 3.30. The van der Waals surface area contributed by atoms with Gasteiger partial charge in [0.1, 0.15) is 35.6 Å². The van der Waals surface area contributed by atoms with Gasteiger partial charge < -0.3 is 19.5 Å². The maximum Gasteiger partial charge on any atom is 0.256 e. The van der Waals surface area contributed by atoms with E-state index in [1.165, 1.54) is 18.3 Å². The Kier molecular flexibility index (Phi) is 7.32. The fourth-order valence-electron chi connectivity index (χ4n) is 3.34. The number of carbonyl (C=O) groups is 1. The van der Waals surface area contributed by atoms with E-state index in [0.717, 1.165) is 0 Å². The van der Waals surface area contributed by atoms with E-state index in [9.17, 15) is 14.4 Å². The smallest absolute Gasteiger partial charge is 0.256 e. The molecule has 4 aromatic rings. The molecule has 0 atom stereocenters. The molecule has 0 spiro atoms. The van der Waals surface area contributed by atoms with Gasteiger partial charge in [0.05, 0.1) is 6.20 Å². The van der Waals surface area contributed by atoms with Crippen LogP contribution in [-0.4, -0.2) is 53.2 Å². The van der Waals surface area contributed by atoms with Crippen LogP contribution in [0.15, 0.2) is 59.3 Å². The number of hydrogen-bond acceptors (Lipinski definition) is 8. The zero-order chi connectivity index (χ0) is 25.7. The van der Waals surface area contributed by atoms with Gasteiger partial charge in [-0.2, -0.15) is 10.2 Å². The monoisotopic (exact) mass is 486 g/mol. The van der Waals surface area contributed by atoms with Crippen LogP contribution in [-0.2, 0) is 0 Å². The van der Waals surface area contributed by atoms with Crippen LogP contribution in [0.4, 0.5) is 10.2 Å². The molecule has 0 saturated carbocycles. The number of ether oxygens (including phenoxy) is 1. The van der Waals surface area contributed by atoms with Crippen molar-refractivity contribution in [3.8, 4) is 34.3 Å². The number of halogens is 1. The van der Waals surface area contributed by atoms with Crippen molar-refractivity contribution < 1.29 is 18.4 Å². The van der Waals surface area contributed by atoms with Crippen molar-refractivity contribution in [1.29, 1.82) is 5.26 Å². The first-order valence-corrected chi connectivity index (χ1v) is 11.0. The summed E-state index contributed by atoms with van der Waals surface area (Å²) in [6.45, 7) is 2.71. The van der Waals surface area contributed by atoms with E-state index >= 15 is 0 Å². The van der Waals surface area contributed by atoms with Gasteiger partial charge in [-0.05, 0) is 37.9 Å². The molecule has 10 heteroatoms. The van der Waals surface area contributed by atoms with Crippen molar-refractivity contribution >= 4 is 11.7 Å². The molecular weight excluding hydrogens is 463 g/mol. The Morgan fingerprint density at radius 1 is 1.17 bits per heavy atom. The lowest BCUT2D eigenvalue weighted by atomic mass is 10.0. The maximum atomic E-state index is 14.8. The highest BCUT2D eigenvalue weighted by molar-refractivity contribution is 6.04. The minimum atomic E-state index is -0.448. The highest BCUT2D eigenvalue weighted by Gasteiger charge is 2.14. The van der Waals surface area contributed by atoms with E-state index in [0.29, 0.717) is 52.9 Å². The molecule has 182 valence electrons. The van der Waals surface area contributed by atoms with Crippen LogP contribution in [0.1, 0.15) is 21.8 Å². The standard InChI is InChI=1S/C26H23FN6O3/c1-16-30-25(32-36-16)19-8-9-21(22(27)12-19)17-4-6-18(7-5-17)26(34)31-24-13-23(20(14-28)15-29-24)35-11-10-33(2)3/h4-9,12-13,15H,10-11H2,1-3H3,(H,29,31,34). The molecule has 0 aliphatic carbocycles. The lowest BCUT2D eigenvalue weighted by Crippen LogP contribution is -2.20. The normalized spacial score (nSPS) is 10.8. The summed E-state index contributed by atoms with van der Waals surface area (Å²) in [6, 6.07) is 14.7. The number of hydrogen-bond donors (Lipinski definition) is 1. The van der Waals surface area contributed by atoms with Gasteiger partial charge in [-0.25, -0.2) is 9.37 Å². The first-order valence-electron chi connectivity index (χ1n) is 11.0. The van der Waals surface area contributed by atoms with Crippen molar-refractivity contribution in [2.75, 3.05) is 32.6 Å². The molecular formula is C26H23FN6O3. The Labute approximate surface area is 207 Å². The predicted molar refractivity (Wildman–Crippen MR) is 131 cm³/mol. The molecule has 2 heterocycles. The summed E-state index contributed by atoms with van der Waals surface area (Å²) >= 11 is 0. The van der Waals surface area contributed by atoms with Crippen LogP contribution in [0.5, 0.6) is 5.75 Å². The summed E-state index contributed by atoms with van der Waals surface area (Å²) in [5.41, 5.74) is 2.12. The SMILES string of the molecule is Cc1nc(-c2ccc(-c3ccc(C(=O)Nc4cc(OCCN(C)C)c(C#N)cn4)cc3)c(F)c2)no1. The third kappa shape index (κ3) is 5.71. The predicted octanol–water partition coefficient (Wildman–Crippen LogP) is 4.31. The molecule has 2 aromatic carbocycles. The summed E-state index contributed by atoms with van der Waals surface area (Å²) in [5, 5.41) is 15.8. The summed E-state index contributed by atoms with van der Waals surface area (Å²) < 4.78 is 25.4. The molecule has 2 aromatic heterocycles. The van der Waals surface area contributed by atoms with Gasteiger partial charge in [-0.15, -0.1) is 0 Å². The molecule has 9 nitrogen and oxygen atoms in total. The molecule has 0 aliphatic rings. The second-order valence-electron chi connectivity index (χ2n) is 8.19. The van der Waals surface area contributed by atoms with Gasteiger partial charge in [-0.1, -0.05) is 29.4 Å². The fourth-order valence-corrected chi connectivity index (χ4v) is 3.34.